The lowest BCUT2D eigenvalue weighted by atomic mass is 10.2. The monoisotopic (exact) mass is 201 g/mol. The van der Waals surface area contributed by atoms with Gasteiger partial charge in [0.1, 0.15) is 6.61 Å². The van der Waals surface area contributed by atoms with Gasteiger partial charge in [-0.15, -0.1) is 5.53 Å². The highest BCUT2D eigenvalue weighted by Crippen LogP contribution is 2.08. The molecular weight excluding hydrogens is 186 g/mol. The molecule has 0 bridgehead atoms. The predicted molar refractivity (Wildman–Crippen MR) is 49.8 cm³/mol. The third-order valence-electron chi connectivity index (χ3n) is 1.74. The molecule has 0 aromatic carbocycles. The Labute approximate surface area is 82.5 Å². The van der Waals surface area contributed by atoms with E-state index in [0.29, 0.717) is 6.42 Å². The van der Waals surface area contributed by atoms with Crippen LogP contribution in [0.2, 0.25) is 0 Å². The second kappa shape index (κ2) is 4.83. The van der Waals surface area contributed by atoms with Gasteiger partial charge < -0.3 is 15.3 Å². The average molecular weight is 201 g/mol. The van der Waals surface area contributed by atoms with Crippen molar-refractivity contribution in [3.05, 3.63) is 11.9 Å². The van der Waals surface area contributed by atoms with Crippen LogP contribution in [0.5, 0.6) is 0 Å². The Morgan fingerprint density at radius 3 is 3.00 bits per heavy atom. The maximum Gasteiger partial charge on any atom is 0.329 e. The van der Waals surface area contributed by atoms with Crippen molar-refractivity contribution in [1.82, 2.24) is 16.0 Å². The number of hydrazine groups is 2. The molecule has 0 spiro atoms. The molecule has 1 aliphatic rings. The predicted octanol–water partition coefficient (Wildman–Crippen LogP) is -0.338. The third kappa shape index (κ3) is 3.63. The number of hydrogen-bond acceptors (Lipinski definition) is 5. The first-order valence-electron chi connectivity index (χ1n) is 4.36. The van der Waals surface area contributed by atoms with Crippen LogP contribution in [0.25, 0.3) is 0 Å². The van der Waals surface area contributed by atoms with E-state index in [0.717, 1.165) is 5.70 Å². The summed E-state index contributed by atoms with van der Waals surface area (Å²) in [6.45, 7) is 1.58. The van der Waals surface area contributed by atoms with Gasteiger partial charge in [0.15, 0.2) is 0 Å². The van der Waals surface area contributed by atoms with Gasteiger partial charge in [-0.05, 0) is 6.92 Å². The van der Waals surface area contributed by atoms with Gasteiger partial charge in [-0.25, -0.2) is 4.79 Å². The molecular formula is C8H15N3O3. The van der Waals surface area contributed by atoms with Crippen molar-refractivity contribution in [3.63, 3.8) is 0 Å². The topological polar surface area (TPSA) is 73.8 Å². The summed E-state index contributed by atoms with van der Waals surface area (Å²) >= 11 is 0. The van der Waals surface area contributed by atoms with Gasteiger partial charge in [-0.2, -0.15) is 0 Å². The Morgan fingerprint density at radius 1 is 1.79 bits per heavy atom. The van der Waals surface area contributed by atoms with Gasteiger partial charge in [-0.3, -0.25) is 5.01 Å². The minimum atomic E-state index is -0.944. The first kappa shape index (κ1) is 10.8. The molecule has 0 saturated carbocycles. The molecule has 0 saturated heterocycles. The van der Waals surface area contributed by atoms with Crippen LogP contribution in [-0.4, -0.2) is 35.8 Å². The van der Waals surface area contributed by atoms with Crippen LogP contribution in [0.1, 0.15) is 13.3 Å². The SMILES string of the molecule is C[C@H](CC1=CN(C)NN1)OCC(=O)O. The van der Waals surface area contributed by atoms with Crippen LogP contribution in [0.3, 0.4) is 0 Å². The van der Waals surface area contributed by atoms with E-state index in [4.69, 9.17) is 9.84 Å². The minimum Gasteiger partial charge on any atom is -0.480 e. The Balaban J connectivity index is 2.23. The van der Waals surface area contributed by atoms with Crippen molar-refractivity contribution in [3.8, 4) is 0 Å². The largest absolute Gasteiger partial charge is 0.480 e. The summed E-state index contributed by atoms with van der Waals surface area (Å²) in [6.07, 6.45) is 2.43. The van der Waals surface area contributed by atoms with Crippen LogP contribution in [0.15, 0.2) is 11.9 Å². The second-order valence-electron chi connectivity index (χ2n) is 3.22. The summed E-state index contributed by atoms with van der Waals surface area (Å²) in [5.74, 6) is -0.944. The summed E-state index contributed by atoms with van der Waals surface area (Å²) in [5, 5.41) is 10.2. The fourth-order valence-electron chi connectivity index (χ4n) is 1.14. The number of hydrogen-bond donors (Lipinski definition) is 3. The van der Waals surface area contributed by atoms with Gasteiger partial charge >= 0.3 is 5.97 Å². The summed E-state index contributed by atoms with van der Waals surface area (Å²) in [7, 11) is 1.86. The van der Waals surface area contributed by atoms with Crippen LogP contribution >= 0.6 is 0 Å². The standard InChI is InChI=1S/C8H15N3O3/c1-6(14-5-8(12)13)3-7-4-11(2)10-9-7/h4,6,9-10H,3,5H2,1-2H3,(H,12,13)/t6-/m1/s1. The lowest BCUT2D eigenvalue weighted by molar-refractivity contribution is -0.144. The first-order chi connectivity index (χ1) is 6.58. The normalized spacial score (nSPS) is 17.6. The van der Waals surface area contributed by atoms with E-state index in [1.807, 2.05) is 20.2 Å². The number of carbonyl (C=O) groups is 1. The number of aliphatic carboxylic acids is 1. The summed E-state index contributed by atoms with van der Waals surface area (Å²) < 4.78 is 5.07. The van der Waals surface area contributed by atoms with E-state index in [9.17, 15) is 4.79 Å². The maximum absolute atomic E-state index is 10.2. The van der Waals surface area contributed by atoms with Crippen LogP contribution in [-0.2, 0) is 9.53 Å². The Morgan fingerprint density at radius 2 is 2.50 bits per heavy atom. The molecule has 0 radical (unpaired) electrons. The number of carboxylic acids is 1. The molecule has 1 atom stereocenters. The molecule has 1 aliphatic heterocycles. The van der Waals surface area contributed by atoms with Gasteiger partial charge in [-0.1, -0.05) is 0 Å². The van der Waals surface area contributed by atoms with E-state index in [2.05, 4.69) is 11.0 Å². The van der Waals surface area contributed by atoms with E-state index >= 15 is 0 Å². The highest BCUT2D eigenvalue weighted by atomic mass is 16.5. The maximum atomic E-state index is 10.2. The molecule has 0 fully saturated rings. The molecule has 0 aromatic rings. The Kier molecular flexibility index (Phi) is 3.73. The van der Waals surface area contributed by atoms with E-state index in [1.54, 1.807) is 5.01 Å². The summed E-state index contributed by atoms with van der Waals surface area (Å²) in [6, 6.07) is 0. The van der Waals surface area contributed by atoms with Crippen molar-refractivity contribution in [2.45, 2.75) is 19.4 Å². The van der Waals surface area contributed by atoms with Gasteiger partial charge in [0.2, 0.25) is 0 Å². The van der Waals surface area contributed by atoms with Crippen molar-refractivity contribution in [2.75, 3.05) is 13.7 Å². The molecule has 6 nitrogen and oxygen atoms in total. The van der Waals surface area contributed by atoms with Gasteiger partial charge in [0.05, 0.1) is 6.10 Å². The highest BCUT2D eigenvalue weighted by molar-refractivity contribution is 5.68. The van der Waals surface area contributed by atoms with Crippen molar-refractivity contribution in [1.29, 1.82) is 0 Å². The van der Waals surface area contributed by atoms with Crippen LogP contribution < -0.4 is 11.0 Å². The average Bonchev–Trinajstić information content (AvgIpc) is 2.48. The quantitative estimate of drug-likeness (QED) is 0.565. The summed E-state index contributed by atoms with van der Waals surface area (Å²) in [5.41, 5.74) is 6.77. The molecule has 80 valence electrons. The van der Waals surface area contributed by atoms with E-state index in [1.165, 1.54) is 0 Å². The number of rotatable bonds is 5. The lowest BCUT2D eigenvalue weighted by Crippen LogP contribution is -2.34. The second-order valence-corrected chi connectivity index (χ2v) is 3.22. The molecule has 0 aliphatic carbocycles. The Bertz CT molecular complexity index is 242. The zero-order valence-corrected chi connectivity index (χ0v) is 8.28. The number of nitrogens with zero attached hydrogens (tertiary/aromatic N) is 1. The molecule has 0 aromatic heterocycles. The van der Waals surface area contributed by atoms with Crippen LogP contribution in [0.4, 0.5) is 0 Å². The molecule has 1 rings (SSSR count). The smallest absolute Gasteiger partial charge is 0.329 e. The van der Waals surface area contributed by atoms with Crippen molar-refractivity contribution < 1.29 is 14.6 Å². The Hall–Kier alpha value is -1.27. The lowest BCUT2D eigenvalue weighted by Gasteiger charge is -2.11. The highest BCUT2D eigenvalue weighted by Gasteiger charge is 2.12. The van der Waals surface area contributed by atoms with E-state index < -0.39 is 5.97 Å². The third-order valence-corrected chi connectivity index (χ3v) is 1.74. The zero-order valence-electron chi connectivity index (χ0n) is 8.28. The molecule has 14 heavy (non-hydrogen) atoms. The van der Waals surface area contributed by atoms with E-state index in [-0.39, 0.29) is 12.7 Å². The first-order valence-corrected chi connectivity index (χ1v) is 4.36. The number of nitrogens with one attached hydrogen (secondary N) is 2. The molecule has 6 heteroatoms. The number of carboxylic acid groups (broad SMARTS) is 1. The fraction of sp³-hybridized carbons (Fsp3) is 0.625. The molecule has 1 heterocycles. The summed E-state index contributed by atoms with van der Waals surface area (Å²) in [4.78, 5) is 10.2. The van der Waals surface area contributed by atoms with Crippen LogP contribution in [0, 0.1) is 0 Å². The van der Waals surface area contributed by atoms with Gasteiger partial charge in [0, 0.05) is 25.4 Å². The molecule has 3 N–H and O–H groups in total. The van der Waals surface area contributed by atoms with Crippen molar-refractivity contribution >= 4 is 5.97 Å². The fourth-order valence-corrected chi connectivity index (χ4v) is 1.14. The van der Waals surface area contributed by atoms with Gasteiger partial charge in [0.25, 0.3) is 0 Å². The number of ether oxygens (including phenoxy) is 1. The molecule has 0 amide bonds. The molecule has 0 unspecified atom stereocenters. The van der Waals surface area contributed by atoms with Crippen molar-refractivity contribution in [2.24, 2.45) is 0 Å². The zero-order chi connectivity index (χ0) is 10.6. The minimum absolute atomic E-state index is 0.113.